The lowest BCUT2D eigenvalue weighted by atomic mass is 10.0. The third kappa shape index (κ3) is 4.37. The van der Waals surface area contributed by atoms with Gasteiger partial charge in [0.2, 0.25) is 0 Å². The van der Waals surface area contributed by atoms with Gasteiger partial charge in [-0.1, -0.05) is 60.2 Å². The third-order valence-corrected chi connectivity index (χ3v) is 4.03. The minimum Gasteiger partial charge on any atom is -0.489 e. The largest absolute Gasteiger partial charge is 0.489 e. The average molecular weight is 343 g/mol. The summed E-state index contributed by atoms with van der Waals surface area (Å²) >= 11 is 0. The highest BCUT2D eigenvalue weighted by Crippen LogP contribution is 2.21. The van der Waals surface area contributed by atoms with Crippen LogP contribution in [0.3, 0.4) is 0 Å². The van der Waals surface area contributed by atoms with E-state index in [0.29, 0.717) is 16.9 Å². The van der Waals surface area contributed by atoms with Gasteiger partial charge in [0.1, 0.15) is 18.2 Å². The molecule has 0 heterocycles. The van der Waals surface area contributed by atoms with Gasteiger partial charge in [-0.15, -0.1) is 0 Å². The maximum absolute atomic E-state index is 13.6. The van der Waals surface area contributed by atoms with Gasteiger partial charge in [-0.2, -0.15) is 5.26 Å². The van der Waals surface area contributed by atoms with Crippen LogP contribution < -0.4 is 4.74 Å². The van der Waals surface area contributed by atoms with Crippen LogP contribution in [0, 0.1) is 24.1 Å². The first-order valence-corrected chi connectivity index (χ1v) is 8.31. The average Bonchev–Trinajstić information content (AvgIpc) is 2.67. The van der Waals surface area contributed by atoms with Crippen LogP contribution >= 0.6 is 0 Å². The number of hydrogen-bond donors (Lipinski definition) is 0. The molecule has 0 atom stereocenters. The highest BCUT2D eigenvalue weighted by atomic mass is 19.1. The molecular formula is C23H18FNO. The second-order valence-corrected chi connectivity index (χ2v) is 5.98. The van der Waals surface area contributed by atoms with E-state index in [2.05, 4.69) is 6.07 Å². The van der Waals surface area contributed by atoms with Gasteiger partial charge in [0.25, 0.3) is 0 Å². The molecule has 0 saturated carbocycles. The molecule has 0 bridgehead atoms. The van der Waals surface area contributed by atoms with Crippen molar-refractivity contribution < 1.29 is 9.13 Å². The number of ether oxygens (including phenoxy) is 1. The number of rotatable bonds is 5. The smallest absolute Gasteiger partial charge is 0.129 e. The number of aryl methyl sites for hydroxylation is 1. The molecular weight excluding hydrogens is 325 g/mol. The molecule has 0 radical (unpaired) electrons. The van der Waals surface area contributed by atoms with E-state index in [-0.39, 0.29) is 12.4 Å². The van der Waals surface area contributed by atoms with Crippen LogP contribution in [-0.2, 0) is 6.61 Å². The van der Waals surface area contributed by atoms with E-state index in [4.69, 9.17) is 4.74 Å². The van der Waals surface area contributed by atoms with Crippen molar-refractivity contribution in [2.45, 2.75) is 13.5 Å². The minimum absolute atomic E-state index is 0.175. The van der Waals surface area contributed by atoms with Gasteiger partial charge in [-0.05, 0) is 42.3 Å². The predicted molar refractivity (Wildman–Crippen MR) is 102 cm³/mol. The molecule has 0 aliphatic rings. The predicted octanol–water partition coefficient (Wildman–Crippen LogP) is 5.78. The SMILES string of the molecule is Cc1ccc(/C(C#N)=C\c2ccc(OCc3ccccc3F)cc2)cc1. The van der Waals surface area contributed by atoms with Crippen LogP contribution in [0.25, 0.3) is 11.6 Å². The van der Waals surface area contributed by atoms with Gasteiger partial charge < -0.3 is 4.74 Å². The summed E-state index contributed by atoms with van der Waals surface area (Å²) in [4.78, 5) is 0. The van der Waals surface area contributed by atoms with Crippen LogP contribution in [0.4, 0.5) is 4.39 Å². The lowest BCUT2D eigenvalue weighted by Gasteiger charge is -2.07. The third-order valence-electron chi connectivity index (χ3n) is 4.03. The van der Waals surface area contributed by atoms with Gasteiger partial charge in [0.05, 0.1) is 11.6 Å². The maximum Gasteiger partial charge on any atom is 0.129 e. The number of hydrogen-bond acceptors (Lipinski definition) is 2. The molecule has 0 unspecified atom stereocenters. The summed E-state index contributed by atoms with van der Waals surface area (Å²) in [6.45, 7) is 2.19. The fourth-order valence-corrected chi connectivity index (χ4v) is 2.52. The Kier molecular flexibility index (Phi) is 5.46. The molecule has 3 rings (SSSR count). The summed E-state index contributed by atoms with van der Waals surface area (Å²) in [5.41, 5.74) is 4.06. The van der Waals surface area contributed by atoms with Crippen molar-refractivity contribution in [3.05, 3.63) is 101 Å². The molecule has 0 amide bonds. The molecule has 3 heteroatoms. The van der Waals surface area contributed by atoms with Crippen LogP contribution in [-0.4, -0.2) is 0 Å². The summed E-state index contributed by atoms with van der Waals surface area (Å²) < 4.78 is 19.2. The van der Waals surface area contributed by atoms with Crippen molar-refractivity contribution in [1.29, 1.82) is 5.26 Å². The van der Waals surface area contributed by atoms with E-state index >= 15 is 0 Å². The second kappa shape index (κ2) is 8.13. The van der Waals surface area contributed by atoms with Crippen molar-refractivity contribution in [3.63, 3.8) is 0 Å². The Morgan fingerprint density at radius 2 is 1.69 bits per heavy atom. The van der Waals surface area contributed by atoms with Gasteiger partial charge >= 0.3 is 0 Å². The van der Waals surface area contributed by atoms with E-state index in [1.807, 2.05) is 61.5 Å². The number of nitrogens with zero attached hydrogens (tertiary/aromatic N) is 1. The van der Waals surface area contributed by atoms with Crippen LogP contribution in [0.1, 0.15) is 22.3 Å². The van der Waals surface area contributed by atoms with Crippen LogP contribution in [0.15, 0.2) is 72.8 Å². The molecule has 3 aromatic rings. The van der Waals surface area contributed by atoms with E-state index in [1.165, 1.54) is 6.07 Å². The Balaban J connectivity index is 1.71. The lowest BCUT2D eigenvalue weighted by molar-refractivity contribution is 0.300. The van der Waals surface area contributed by atoms with Crippen molar-refractivity contribution in [3.8, 4) is 11.8 Å². The summed E-state index contributed by atoms with van der Waals surface area (Å²) in [5, 5.41) is 9.42. The van der Waals surface area contributed by atoms with Crippen LogP contribution in [0.5, 0.6) is 5.75 Å². The normalized spacial score (nSPS) is 11.0. The molecule has 0 N–H and O–H groups in total. The van der Waals surface area contributed by atoms with Gasteiger partial charge in [0.15, 0.2) is 0 Å². The second-order valence-electron chi connectivity index (χ2n) is 5.98. The van der Waals surface area contributed by atoms with E-state index in [0.717, 1.165) is 16.7 Å². The summed E-state index contributed by atoms with van der Waals surface area (Å²) in [6.07, 6.45) is 1.84. The Morgan fingerprint density at radius 3 is 2.35 bits per heavy atom. The lowest BCUT2D eigenvalue weighted by Crippen LogP contribution is -1.98. The first-order valence-electron chi connectivity index (χ1n) is 8.31. The van der Waals surface area contributed by atoms with E-state index in [1.54, 1.807) is 18.2 Å². The molecule has 0 aromatic heterocycles. The number of halogens is 1. The monoisotopic (exact) mass is 343 g/mol. The summed E-state index contributed by atoms with van der Waals surface area (Å²) in [6, 6.07) is 24.0. The number of benzene rings is 3. The fourth-order valence-electron chi connectivity index (χ4n) is 2.52. The molecule has 128 valence electrons. The summed E-state index contributed by atoms with van der Waals surface area (Å²) in [7, 11) is 0. The van der Waals surface area contributed by atoms with E-state index in [9.17, 15) is 9.65 Å². The van der Waals surface area contributed by atoms with Crippen molar-refractivity contribution >= 4 is 11.6 Å². The first-order chi connectivity index (χ1) is 12.7. The highest BCUT2D eigenvalue weighted by Gasteiger charge is 2.03. The molecule has 0 spiro atoms. The van der Waals surface area contributed by atoms with Crippen molar-refractivity contribution in [1.82, 2.24) is 0 Å². The molecule has 26 heavy (non-hydrogen) atoms. The van der Waals surface area contributed by atoms with Crippen molar-refractivity contribution in [2.75, 3.05) is 0 Å². The number of nitriles is 1. The summed E-state index contributed by atoms with van der Waals surface area (Å²) in [5.74, 6) is 0.378. The van der Waals surface area contributed by atoms with Gasteiger partial charge in [-0.3, -0.25) is 0 Å². The molecule has 3 aromatic carbocycles. The van der Waals surface area contributed by atoms with Gasteiger partial charge in [-0.25, -0.2) is 4.39 Å². The Hall–Kier alpha value is -3.38. The van der Waals surface area contributed by atoms with Gasteiger partial charge in [0, 0.05) is 5.56 Å². The zero-order chi connectivity index (χ0) is 18.4. The zero-order valence-corrected chi connectivity index (χ0v) is 14.4. The Labute approximate surface area is 152 Å². The van der Waals surface area contributed by atoms with Crippen LogP contribution in [0.2, 0.25) is 0 Å². The molecule has 0 saturated heterocycles. The Bertz CT molecular complexity index is 951. The fraction of sp³-hybridized carbons (Fsp3) is 0.0870. The van der Waals surface area contributed by atoms with E-state index < -0.39 is 0 Å². The molecule has 0 aliphatic carbocycles. The van der Waals surface area contributed by atoms with Crippen molar-refractivity contribution in [2.24, 2.45) is 0 Å². The molecule has 0 aliphatic heterocycles. The molecule has 0 fully saturated rings. The molecule has 2 nitrogen and oxygen atoms in total. The first kappa shape index (κ1) is 17.4. The Morgan fingerprint density at radius 1 is 1.00 bits per heavy atom. The quantitative estimate of drug-likeness (QED) is 0.435. The zero-order valence-electron chi connectivity index (χ0n) is 14.4. The standard InChI is InChI=1S/C23H18FNO/c1-17-6-10-19(11-7-17)21(15-25)14-18-8-12-22(13-9-18)26-16-20-4-2-3-5-23(20)24/h2-14H,16H2,1H3/b21-14-. The number of allylic oxidation sites excluding steroid dienone is 1. The highest BCUT2D eigenvalue weighted by molar-refractivity contribution is 5.89. The minimum atomic E-state index is -0.274. The topological polar surface area (TPSA) is 33.0 Å². The maximum atomic E-state index is 13.6.